The second-order valence-corrected chi connectivity index (χ2v) is 3.73. The highest BCUT2D eigenvalue weighted by Gasteiger charge is 2.05. The summed E-state index contributed by atoms with van der Waals surface area (Å²) >= 11 is 5.53. The maximum absolute atomic E-state index is 9.29. The fourth-order valence-corrected chi connectivity index (χ4v) is 2.27. The number of fused-ring (bicyclic) bond motifs is 1. The van der Waals surface area contributed by atoms with Crippen LogP contribution >= 0.6 is 24.0 Å². The molecule has 0 fully saturated rings. The largest absolute Gasteiger partial charge is 0.499 e. The molecule has 1 N–H and O–H groups in total. The van der Waals surface area contributed by atoms with Crippen LogP contribution in [-0.4, -0.2) is 5.11 Å². The second kappa shape index (κ2) is 2.43. The quantitative estimate of drug-likeness (QED) is 0.600. The van der Waals surface area contributed by atoms with E-state index in [-0.39, 0.29) is 0 Å². The van der Waals surface area contributed by atoms with Gasteiger partial charge in [-0.3, -0.25) is 0 Å². The fraction of sp³-hybridized carbons (Fsp3) is 0. The van der Waals surface area contributed by atoms with Gasteiger partial charge in [-0.15, -0.1) is 12.6 Å². The zero-order chi connectivity index (χ0) is 7.84. The molecule has 1 aromatic carbocycles. The van der Waals surface area contributed by atoms with Crippen molar-refractivity contribution in [2.45, 2.75) is 4.90 Å². The smallest absolute Gasteiger partial charge is 0.186 e. The molecule has 1 nitrogen and oxygen atoms in total. The molecule has 2 aromatic rings. The van der Waals surface area contributed by atoms with Gasteiger partial charge in [0.05, 0.1) is 4.90 Å². The van der Waals surface area contributed by atoms with Crippen LogP contribution in [0.3, 0.4) is 0 Å². The lowest BCUT2D eigenvalue weighted by atomic mass is 10.3. The Morgan fingerprint density at radius 1 is 1.27 bits per heavy atom. The first-order valence-electron chi connectivity index (χ1n) is 3.18. The first-order chi connectivity index (χ1) is 5.29. The van der Waals surface area contributed by atoms with Crippen LogP contribution in [0.15, 0.2) is 29.2 Å². The molecule has 0 spiro atoms. The third kappa shape index (κ3) is 1.01. The van der Waals surface area contributed by atoms with Crippen LogP contribution in [0.4, 0.5) is 0 Å². The van der Waals surface area contributed by atoms with E-state index in [2.05, 4.69) is 12.6 Å². The molecule has 2 rings (SSSR count). The first-order valence-corrected chi connectivity index (χ1v) is 4.45. The molecule has 0 amide bonds. The van der Waals surface area contributed by atoms with Crippen LogP contribution in [0, 0.1) is 0 Å². The molecular formula is C8H6OS2. The van der Waals surface area contributed by atoms with Crippen molar-refractivity contribution < 1.29 is 5.11 Å². The molecule has 0 aliphatic rings. The molecule has 0 radical (unpaired) electrons. The minimum Gasteiger partial charge on any atom is -0.499 e. The predicted molar refractivity (Wildman–Crippen MR) is 50.7 cm³/mol. The van der Waals surface area contributed by atoms with Crippen molar-refractivity contribution in [2.24, 2.45) is 0 Å². The van der Waals surface area contributed by atoms with Crippen LogP contribution in [0.25, 0.3) is 10.1 Å². The maximum Gasteiger partial charge on any atom is 0.186 e. The Morgan fingerprint density at radius 3 is 2.73 bits per heavy atom. The van der Waals surface area contributed by atoms with E-state index in [9.17, 15) is 5.11 Å². The van der Waals surface area contributed by atoms with E-state index in [0.29, 0.717) is 9.96 Å². The zero-order valence-corrected chi connectivity index (χ0v) is 7.32. The Kier molecular flexibility index (Phi) is 1.55. The number of benzene rings is 1. The van der Waals surface area contributed by atoms with Crippen LogP contribution in [-0.2, 0) is 0 Å². The lowest BCUT2D eigenvalue weighted by Gasteiger charge is -1.86. The maximum atomic E-state index is 9.29. The molecule has 11 heavy (non-hydrogen) atoms. The summed E-state index contributed by atoms with van der Waals surface area (Å²) in [6.07, 6.45) is 0. The van der Waals surface area contributed by atoms with Gasteiger partial charge in [0, 0.05) is 10.1 Å². The van der Waals surface area contributed by atoms with Gasteiger partial charge in [-0.2, -0.15) is 0 Å². The van der Waals surface area contributed by atoms with Crippen molar-refractivity contribution in [2.75, 3.05) is 0 Å². The molecule has 0 saturated carbocycles. The molecule has 56 valence electrons. The average molecular weight is 182 g/mol. The number of hydrogen-bond donors (Lipinski definition) is 2. The third-order valence-electron chi connectivity index (χ3n) is 1.55. The summed E-state index contributed by atoms with van der Waals surface area (Å²) in [4.78, 5) is 0.686. The molecule has 0 atom stereocenters. The average Bonchev–Trinajstić information content (AvgIpc) is 2.30. The van der Waals surface area contributed by atoms with Crippen molar-refractivity contribution in [1.29, 1.82) is 0 Å². The highest BCUT2D eigenvalue weighted by Crippen LogP contribution is 2.38. The minimum absolute atomic E-state index is 0.300. The number of rotatable bonds is 0. The van der Waals surface area contributed by atoms with Crippen LogP contribution in [0.5, 0.6) is 5.06 Å². The van der Waals surface area contributed by atoms with E-state index >= 15 is 0 Å². The second-order valence-electron chi connectivity index (χ2n) is 2.25. The van der Waals surface area contributed by atoms with Gasteiger partial charge in [0.15, 0.2) is 5.06 Å². The number of aromatic hydroxyl groups is 1. The highest BCUT2D eigenvalue weighted by atomic mass is 32.1. The molecule has 0 bridgehead atoms. The van der Waals surface area contributed by atoms with E-state index < -0.39 is 0 Å². The van der Waals surface area contributed by atoms with Gasteiger partial charge >= 0.3 is 0 Å². The summed E-state index contributed by atoms with van der Waals surface area (Å²) in [6, 6.07) is 7.81. The van der Waals surface area contributed by atoms with Crippen LogP contribution < -0.4 is 0 Å². The molecule has 3 heteroatoms. The topological polar surface area (TPSA) is 20.2 Å². The van der Waals surface area contributed by atoms with Crippen molar-refractivity contribution in [1.82, 2.24) is 0 Å². The summed E-state index contributed by atoms with van der Waals surface area (Å²) in [7, 11) is 0. The van der Waals surface area contributed by atoms with Gasteiger partial charge in [0.1, 0.15) is 0 Å². The lowest BCUT2D eigenvalue weighted by molar-refractivity contribution is 0.480. The Balaban J connectivity index is 2.92. The van der Waals surface area contributed by atoms with Crippen molar-refractivity contribution in [3.8, 4) is 5.06 Å². The summed E-state index contributed by atoms with van der Waals surface area (Å²) in [5.74, 6) is 0. The fourth-order valence-electron chi connectivity index (χ4n) is 1.02. The molecule has 0 aliphatic heterocycles. The Labute approximate surface area is 73.7 Å². The molecule has 0 unspecified atom stereocenters. The van der Waals surface area contributed by atoms with Crippen molar-refractivity contribution in [3.63, 3.8) is 0 Å². The van der Waals surface area contributed by atoms with E-state index in [1.165, 1.54) is 11.3 Å². The normalized spacial score (nSPS) is 10.6. The number of thiol groups is 1. The first kappa shape index (κ1) is 7.00. The zero-order valence-electron chi connectivity index (χ0n) is 5.61. The summed E-state index contributed by atoms with van der Waals surface area (Å²) < 4.78 is 1.08. The SMILES string of the molecule is Oc1sc2ccccc2c1S. The molecule has 1 aromatic heterocycles. The van der Waals surface area contributed by atoms with Crippen LogP contribution in [0.1, 0.15) is 0 Å². The molecular weight excluding hydrogens is 176 g/mol. The van der Waals surface area contributed by atoms with E-state index in [1.54, 1.807) is 0 Å². The van der Waals surface area contributed by atoms with E-state index in [4.69, 9.17) is 0 Å². The summed E-state index contributed by atoms with van der Waals surface area (Å²) in [5.41, 5.74) is 0. The highest BCUT2D eigenvalue weighted by molar-refractivity contribution is 7.81. The summed E-state index contributed by atoms with van der Waals surface area (Å²) in [5, 5.41) is 10.6. The minimum atomic E-state index is 0.300. The Hall–Kier alpha value is -0.670. The van der Waals surface area contributed by atoms with Crippen LogP contribution in [0.2, 0.25) is 0 Å². The summed E-state index contributed by atoms with van der Waals surface area (Å²) in [6.45, 7) is 0. The lowest BCUT2D eigenvalue weighted by Crippen LogP contribution is -1.61. The molecule has 0 saturated heterocycles. The van der Waals surface area contributed by atoms with Crippen molar-refractivity contribution in [3.05, 3.63) is 24.3 Å². The van der Waals surface area contributed by atoms with Gasteiger partial charge in [-0.1, -0.05) is 29.5 Å². The van der Waals surface area contributed by atoms with Crippen molar-refractivity contribution >= 4 is 34.1 Å². The van der Waals surface area contributed by atoms with Gasteiger partial charge in [-0.25, -0.2) is 0 Å². The Bertz CT molecular complexity index is 392. The predicted octanol–water partition coefficient (Wildman–Crippen LogP) is 2.90. The number of hydrogen-bond acceptors (Lipinski definition) is 3. The van der Waals surface area contributed by atoms with E-state index in [1.807, 2.05) is 24.3 Å². The van der Waals surface area contributed by atoms with Gasteiger partial charge in [-0.05, 0) is 6.07 Å². The van der Waals surface area contributed by atoms with Gasteiger partial charge in [0.25, 0.3) is 0 Å². The number of thiophene rings is 1. The molecule has 0 aliphatic carbocycles. The molecule has 1 heterocycles. The standard InChI is InChI=1S/C8H6OS2/c9-8-7(10)5-3-1-2-4-6(5)11-8/h1-4,9-10H. The van der Waals surface area contributed by atoms with E-state index in [0.717, 1.165) is 10.1 Å². The van der Waals surface area contributed by atoms with Gasteiger partial charge in [0.2, 0.25) is 0 Å². The van der Waals surface area contributed by atoms with Gasteiger partial charge < -0.3 is 5.11 Å². The monoisotopic (exact) mass is 182 g/mol. The Morgan fingerprint density at radius 2 is 2.00 bits per heavy atom. The third-order valence-corrected chi connectivity index (χ3v) is 3.13.